The number of rotatable bonds is 6. The molecule has 0 aliphatic carbocycles. The molecule has 96 valence electrons. The highest BCUT2D eigenvalue weighted by Crippen LogP contribution is 2.14. The molecule has 2 unspecified atom stereocenters. The number of nitrogens with one attached hydrogen (secondary N) is 1. The van der Waals surface area contributed by atoms with Crippen molar-refractivity contribution in [1.82, 2.24) is 10.2 Å². The van der Waals surface area contributed by atoms with Crippen LogP contribution in [0.15, 0.2) is 0 Å². The normalized spacial score (nSPS) is 24.9. The number of nitrogens with zero attached hydrogens (tertiary/aromatic N) is 1. The lowest BCUT2D eigenvalue weighted by Crippen LogP contribution is -2.48. The molecule has 0 spiro atoms. The SMILES string of the molecule is COC(OC)C(C)NCC1CCCCN1C. The molecule has 4 heteroatoms. The number of ether oxygens (including phenoxy) is 2. The van der Waals surface area contributed by atoms with E-state index >= 15 is 0 Å². The Morgan fingerprint density at radius 2 is 2.00 bits per heavy atom. The molecule has 4 nitrogen and oxygen atoms in total. The molecule has 0 aromatic heterocycles. The quantitative estimate of drug-likeness (QED) is 0.692. The van der Waals surface area contributed by atoms with Gasteiger partial charge in [-0.1, -0.05) is 6.42 Å². The fourth-order valence-corrected chi connectivity index (χ4v) is 2.32. The zero-order chi connectivity index (χ0) is 12.0. The smallest absolute Gasteiger partial charge is 0.171 e. The predicted octanol–water partition coefficient (Wildman–Crippen LogP) is 1.07. The first-order valence-corrected chi connectivity index (χ1v) is 6.18. The van der Waals surface area contributed by atoms with Gasteiger partial charge in [0.25, 0.3) is 0 Å². The van der Waals surface area contributed by atoms with E-state index in [2.05, 4.69) is 24.2 Å². The van der Waals surface area contributed by atoms with E-state index in [4.69, 9.17) is 9.47 Å². The topological polar surface area (TPSA) is 33.7 Å². The number of likely N-dealkylation sites (N-methyl/N-ethyl adjacent to an activating group) is 1. The zero-order valence-corrected chi connectivity index (χ0v) is 11.0. The number of likely N-dealkylation sites (tertiary alicyclic amines) is 1. The lowest BCUT2D eigenvalue weighted by molar-refractivity contribution is -0.120. The van der Waals surface area contributed by atoms with Gasteiger partial charge in [-0.25, -0.2) is 0 Å². The van der Waals surface area contributed by atoms with Crippen molar-refractivity contribution in [2.45, 2.75) is 44.6 Å². The van der Waals surface area contributed by atoms with E-state index in [1.807, 2.05) is 0 Å². The van der Waals surface area contributed by atoms with Crippen LogP contribution in [0.4, 0.5) is 0 Å². The second-order valence-electron chi connectivity index (χ2n) is 4.67. The summed E-state index contributed by atoms with van der Waals surface area (Å²) in [5, 5.41) is 3.49. The Morgan fingerprint density at radius 3 is 2.56 bits per heavy atom. The Kier molecular flexibility index (Phi) is 6.28. The van der Waals surface area contributed by atoms with Crippen molar-refractivity contribution < 1.29 is 9.47 Å². The first-order valence-electron chi connectivity index (χ1n) is 6.18. The minimum absolute atomic E-state index is 0.158. The summed E-state index contributed by atoms with van der Waals surface area (Å²) in [4.78, 5) is 2.44. The van der Waals surface area contributed by atoms with Crippen molar-refractivity contribution in [2.75, 3.05) is 34.4 Å². The van der Waals surface area contributed by atoms with E-state index in [0.717, 1.165) is 6.54 Å². The van der Waals surface area contributed by atoms with Crippen LogP contribution in [-0.4, -0.2) is 57.6 Å². The molecule has 1 N–H and O–H groups in total. The second-order valence-corrected chi connectivity index (χ2v) is 4.67. The molecule has 1 aliphatic heterocycles. The number of hydrogen-bond donors (Lipinski definition) is 1. The fraction of sp³-hybridized carbons (Fsp3) is 1.00. The van der Waals surface area contributed by atoms with Crippen LogP contribution in [0.5, 0.6) is 0 Å². The highest BCUT2D eigenvalue weighted by Gasteiger charge is 2.21. The summed E-state index contributed by atoms with van der Waals surface area (Å²) in [5.74, 6) is 0. The van der Waals surface area contributed by atoms with Crippen LogP contribution in [0.2, 0.25) is 0 Å². The average molecular weight is 230 g/mol. The average Bonchev–Trinajstić information content (AvgIpc) is 2.29. The van der Waals surface area contributed by atoms with Crippen molar-refractivity contribution in [3.05, 3.63) is 0 Å². The molecule has 1 rings (SSSR count). The van der Waals surface area contributed by atoms with Gasteiger partial charge in [-0.15, -0.1) is 0 Å². The molecule has 0 bridgehead atoms. The number of methoxy groups -OCH3 is 2. The first kappa shape index (κ1) is 13.9. The van der Waals surface area contributed by atoms with Gasteiger partial charge in [0.1, 0.15) is 0 Å². The van der Waals surface area contributed by atoms with E-state index in [-0.39, 0.29) is 12.3 Å². The summed E-state index contributed by atoms with van der Waals surface area (Å²) < 4.78 is 10.5. The van der Waals surface area contributed by atoms with Gasteiger partial charge in [0, 0.05) is 26.8 Å². The number of hydrogen-bond acceptors (Lipinski definition) is 4. The third-order valence-corrected chi connectivity index (χ3v) is 3.47. The molecule has 0 amide bonds. The van der Waals surface area contributed by atoms with E-state index in [1.54, 1.807) is 14.2 Å². The van der Waals surface area contributed by atoms with Gasteiger partial charge in [0.2, 0.25) is 0 Å². The van der Waals surface area contributed by atoms with Crippen molar-refractivity contribution in [3.63, 3.8) is 0 Å². The molecule has 0 aromatic rings. The van der Waals surface area contributed by atoms with Crippen LogP contribution in [0, 0.1) is 0 Å². The van der Waals surface area contributed by atoms with Crippen LogP contribution in [0.3, 0.4) is 0 Å². The Bertz CT molecular complexity index is 186. The maximum atomic E-state index is 5.23. The second kappa shape index (κ2) is 7.22. The molecular formula is C12H26N2O2. The van der Waals surface area contributed by atoms with Gasteiger partial charge >= 0.3 is 0 Å². The summed E-state index contributed by atoms with van der Waals surface area (Å²) in [6, 6.07) is 0.885. The van der Waals surface area contributed by atoms with Gasteiger partial charge in [0.15, 0.2) is 6.29 Å². The molecule has 16 heavy (non-hydrogen) atoms. The zero-order valence-electron chi connectivity index (χ0n) is 11.0. The Hall–Kier alpha value is -0.160. The first-order chi connectivity index (χ1) is 7.69. The van der Waals surface area contributed by atoms with E-state index in [1.165, 1.54) is 25.8 Å². The van der Waals surface area contributed by atoms with Gasteiger partial charge in [-0.2, -0.15) is 0 Å². The monoisotopic (exact) mass is 230 g/mol. The van der Waals surface area contributed by atoms with Crippen LogP contribution in [-0.2, 0) is 9.47 Å². The molecule has 0 radical (unpaired) electrons. The van der Waals surface area contributed by atoms with Gasteiger partial charge in [-0.3, -0.25) is 0 Å². The van der Waals surface area contributed by atoms with Crippen molar-refractivity contribution >= 4 is 0 Å². The van der Waals surface area contributed by atoms with Crippen LogP contribution >= 0.6 is 0 Å². The minimum atomic E-state index is -0.158. The Morgan fingerprint density at radius 1 is 1.31 bits per heavy atom. The van der Waals surface area contributed by atoms with Crippen molar-refractivity contribution in [2.24, 2.45) is 0 Å². The third kappa shape index (κ3) is 4.01. The van der Waals surface area contributed by atoms with E-state index < -0.39 is 0 Å². The van der Waals surface area contributed by atoms with Crippen molar-refractivity contribution in [1.29, 1.82) is 0 Å². The number of piperidine rings is 1. The summed E-state index contributed by atoms with van der Waals surface area (Å²) in [6.07, 6.45) is 3.82. The molecule has 1 fully saturated rings. The van der Waals surface area contributed by atoms with Crippen LogP contribution in [0.1, 0.15) is 26.2 Å². The predicted molar refractivity (Wildman–Crippen MR) is 65.5 cm³/mol. The van der Waals surface area contributed by atoms with Crippen LogP contribution in [0.25, 0.3) is 0 Å². The lowest BCUT2D eigenvalue weighted by atomic mass is 10.0. The molecule has 1 aliphatic rings. The van der Waals surface area contributed by atoms with Gasteiger partial charge in [-0.05, 0) is 33.4 Å². The van der Waals surface area contributed by atoms with Crippen molar-refractivity contribution in [3.8, 4) is 0 Å². The Labute approximate surface area is 99.3 Å². The molecule has 2 atom stereocenters. The molecule has 0 saturated carbocycles. The highest BCUT2D eigenvalue weighted by molar-refractivity contribution is 4.78. The molecule has 0 aromatic carbocycles. The third-order valence-electron chi connectivity index (χ3n) is 3.47. The summed E-state index contributed by atoms with van der Waals surface area (Å²) >= 11 is 0. The highest BCUT2D eigenvalue weighted by atomic mass is 16.7. The maximum absolute atomic E-state index is 5.23. The maximum Gasteiger partial charge on any atom is 0.171 e. The Balaban J connectivity index is 2.26. The standard InChI is InChI=1S/C12H26N2O2/c1-10(12(15-3)16-4)13-9-11-7-5-6-8-14(11)2/h10-13H,5-9H2,1-4H3. The molecule has 1 saturated heterocycles. The van der Waals surface area contributed by atoms with E-state index in [9.17, 15) is 0 Å². The fourth-order valence-electron chi connectivity index (χ4n) is 2.32. The summed E-state index contributed by atoms with van der Waals surface area (Å²) in [5.41, 5.74) is 0. The van der Waals surface area contributed by atoms with Crippen LogP contribution < -0.4 is 5.32 Å². The molecule has 1 heterocycles. The van der Waals surface area contributed by atoms with E-state index in [0.29, 0.717) is 6.04 Å². The largest absolute Gasteiger partial charge is 0.354 e. The minimum Gasteiger partial charge on any atom is -0.354 e. The molecular weight excluding hydrogens is 204 g/mol. The van der Waals surface area contributed by atoms with Gasteiger partial charge in [0.05, 0.1) is 6.04 Å². The van der Waals surface area contributed by atoms with Gasteiger partial charge < -0.3 is 19.7 Å². The summed E-state index contributed by atoms with van der Waals surface area (Å²) in [6.45, 7) is 4.33. The lowest BCUT2D eigenvalue weighted by Gasteiger charge is -2.34. The summed E-state index contributed by atoms with van der Waals surface area (Å²) in [7, 11) is 5.57.